The Kier molecular flexibility index (Phi) is 5.66. The Bertz CT molecular complexity index is 593. The molecule has 6 heteroatoms. The van der Waals surface area contributed by atoms with Crippen LogP contribution in [0.15, 0.2) is 24.3 Å². The number of hydrogen-bond donors (Lipinski definition) is 3. The largest absolute Gasteiger partial charge is 0.478 e. The van der Waals surface area contributed by atoms with E-state index in [1.807, 2.05) is 0 Å². The van der Waals surface area contributed by atoms with Gasteiger partial charge in [0.2, 0.25) is 5.91 Å². The Morgan fingerprint density at radius 2 is 2.05 bits per heavy atom. The number of hydrogen-bond acceptors (Lipinski definition) is 3. The quantitative estimate of drug-likeness (QED) is 0.681. The molecule has 0 saturated carbocycles. The molecule has 4 N–H and O–H groups in total. The molecule has 21 heavy (non-hydrogen) atoms. The molecule has 6 nitrogen and oxygen atoms in total. The molecule has 0 aliphatic carbocycles. The number of carboxylic acids is 1. The van der Waals surface area contributed by atoms with Crippen LogP contribution < -0.4 is 11.1 Å². The summed E-state index contributed by atoms with van der Waals surface area (Å²) >= 11 is 0. The molecule has 112 valence electrons. The second-order valence-electron chi connectivity index (χ2n) is 4.79. The highest BCUT2D eigenvalue weighted by molar-refractivity contribution is 5.95. The van der Waals surface area contributed by atoms with E-state index in [2.05, 4.69) is 5.32 Å². The topological polar surface area (TPSA) is 109 Å². The number of carbonyl (C=O) groups excluding carboxylic acids is 2. The summed E-state index contributed by atoms with van der Waals surface area (Å²) in [4.78, 5) is 33.2. The highest BCUT2D eigenvalue weighted by Crippen LogP contribution is 2.13. The van der Waals surface area contributed by atoms with Gasteiger partial charge >= 0.3 is 5.97 Å². The summed E-state index contributed by atoms with van der Waals surface area (Å²) in [6.07, 6.45) is 2.58. The maximum Gasteiger partial charge on any atom is 0.328 e. The zero-order chi connectivity index (χ0) is 16.0. The molecule has 0 fully saturated rings. The Balaban J connectivity index is 2.81. The fraction of sp³-hybridized carbons (Fsp3) is 0.267. The Labute approximate surface area is 122 Å². The molecule has 0 heterocycles. The van der Waals surface area contributed by atoms with Gasteiger partial charge < -0.3 is 16.2 Å². The average molecular weight is 290 g/mol. The van der Waals surface area contributed by atoms with Gasteiger partial charge in [-0.1, -0.05) is 6.07 Å². The summed E-state index contributed by atoms with van der Waals surface area (Å²) in [6.45, 7) is 3.48. The maximum absolute atomic E-state index is 12.0. The molecule has 1 aromatic carbocycles. The van der Waals surface area contributed by atoms with Crippen molar-refractivity contribution < 1.29 is 19.5 Å². The Morgan fingerprint density at radius 3 is 2.57 bits per heavy atom. The number of nitrogens with two attached hydrogens (primary N) is 1. The van der Waals surface area contributed by atoms with Crippen molar-refractivity contribution in [3.8, 4) is 0 Å². The SMILES string of the molecule is Cc1cc(C(=O)NC(C)CC(N)=O)ccc1/C=C/C(=O)O. The number of aryl methyl sites for hydroxylation is 1. The van der Waals surface area contributed by atoms with Crippen LogP contribution in [0.5, 0.6) is 0 Å². The van der Waals surface area contributed by atoms with Crippen molar-refractivity contribution in [1.29, 1.82) is 0 Å². The first-order valence-electron chi connectivity index (χ1n) is 6.40. The van der Waals surface area contributed by atoms with Gasteiger partial charge in [0, 0.05) is 24.1 Å². The van der Waals surface area contributed by atoms with E-state index in [1.54, 1.807) is 32.0 Å². The minimum Gasteiger partial charge on any atom is -0.478 e. The van der Waals surface area contributed by atoms with Gasteiger partial charge in [-0.3, -0.25) is 9.59 Å². The molecule has 0 saturated heterocycles. The molecule has 0 radical (unpaired) electrons. The number of aliphatic carboxylic acids is 1. The standard InChI is InChI=1S/C15H18N2O4/c1-9-7-12(4-3-11(9)5-6-14(19)20)15(21)17-10(2)8-13(16)18/h3-7,10H,8H2,1-2H3,(H2,16,18)(H,17,21)(H,19,20)/b6-5+. The van der Waals surface area contributed by atoms with Crippen molar-refractivity contribution in [1.82, 2.24) is 5.32 Å². The first kappa shape index (κ1) is 16.4. The summed E-state index contributed by atoms with van der Waals surface area (Å²) in [6, 6.07) is 4.58. The molecular weight excluding hydrogens is 272 g/mol. The summed E-state index contributed by atoms with van der Waals surface area (Å²) in [5, 5.41) is 11.3. The first-order chi connectivity index (χ1) is 9.79. The van der Waals surface area contributed by atoms with Crippen LogP contribution in [-0.2, 0) is 9.59 Å². The monoisotopic (exact) mass is 290 g/mol. The molecule has 0 aliphatic heterocycles. The summed E-state index contributed by atoms with van der Waals surface area (Å²) < 4.78 is 0. The van der Waals surface area contributed by atoms with E-state index in [4.69, 9.17) is 10.8 Å². The predicted octanol–water partition coefficient (Wildman–Crippen LogP) is 1.09. The molecule has 0 aromatic heterocycles. The highest BCUT2D eigenvalue weighted by Gasteiger charge is 2.12. The van der Waals surface area contributed by atoms with Gasteiger partial charge in [-0.15, -0.1) is 0 Å². The molecule has 1 aromatic rings. The number of carboxylic acid groups (broad SMARTS) is 1. The smallest absolute Gasteiger partial charge is 0.328 e. The third-order valence-corrected chi connectivity index (χ3v) is 2.82. The second kappa shape index (κ2) is 7.23. The molecule has 0 bridgehead atoms. The fourth-order valence-electron chi connectivity index (χ4n) is 1.82. The van der Waals surface area contributed by atoms with Gasteiger partial charge in [0.1, 0.15) is 0 Å². The van der Waals surface area contributed by atoms with Crippen molar-refractivity contribution in [3.05, 3.63) is 41.0 Å². The second-order valence-corrected chi connectivity index (χ2v) is 4.79. The van der Waals surface area contributed by atoms with Crippen LogP contribution in [0, 0.1) is 6.92 Å². The van der Waals surface area contributed by atoms with Crippen LogP contribution in [0.4, 0.5) is 0 Å². The number of amides is 2. The van der Waals surface area contributed by atoms with Crippen LogP contribution in [0.3, 0.4) is 0 Å². The lowest BCUT2D eigenvalue weighted by atomic mass is 10.0. The number of rotatable bonds is 6. The van der Waals surface area contributed by atoms with E-state index in [0.29, 0.717) is 5.56 Å². The molecule has 1 rings (SSSR count). The normalized spacial score (nSPS) is 12.1. The van der Waals surface area contributed by atoms with E-state index in [-0.39, 0.29) is 18.4 Å². The van der Waals surface area contributed by atoms with Gasteiger partial charge in [-0.05, 0) is 43.2 Å². The van der Waals surface area contributed by atoms with Crippen LogP contribution >= 0.6 is 0 Å². The summed E-state index contributed by atoms with van der Waals surface area (Å²) in [5.41, 5.74) is 7.01. The predicted molar refractivity (Wildman–Crippen MR) is 78.6 cm³/mol. The van der Waals surface area contributed by atoms with Crippen molar-refractivity contribution in [2.75, 3.05) is 0 Å². The third kappa shape index (κ3) is 5.48. The van der Waals surface area contributed by atoms with E-state index in [1.165, 1.54) is 6.08 Å². The molecule has 2 amide bonds. The maximum atomic E-state index is 12.0. The zero-order valence-electron chi connectivity index (χ0n) is 11.9. The van der Waals surface area contributed by atoms with Gasteiger partial charge in [0.25, 0.3) is 5.91 Å². The highest BCUT2D eigenvalue weighted by atomic mass is 16.4. The number of nitrogens with one attached hydrogen (secondary N) is 1. The number of benzene rings is 1. The zero-order valence-corrected chi connectivity index (χ0v) is 11.9. The summed E-state index contributed by atoms with van der Waals surface area (Å²) in [5.74, 6) is -1.81. The summed E-state index contributed by atoms with van der Waals surface area (Å²) in [7, 11) is 0. The van der Waals surface area contributed by atoms with E-state index in [0.717, 1.165) is 17.2 Å². The molecule has 1 atom stereocenters. The lowest BCUT2D eigenvalue weighted by Crippen LogP contribution is -2.35. The van der Waals surface area contributed by atoms with Crippen LogP contribution in [0.2, 0.25) is 0 Å². The average Bonchev–Trinajstić information content (AvgIpc) is 2.35. The molecule has 0 spiro atoms. The van der Waals surface area contributed by atoms with Crippen molar-refractivity contribution in [2.45, 2.75) is 26.3 Å². The lowest BCUT2D eigenvalue weighted by molar-refractivity contribution is -0.131. The third-order valence-electron chi connectivity index (χ3n) is 2.82. The van der Waals surface area contributed by atoms with Gasteiger partial charge in [-0.2, -0.15) is 0 Å². The minimum absolute atomic E-state index is 0.0736. The van der Waals surface area contributed by atoms with Gasteiger partial charge in [0.05, 0.1) is 0 Å². The van der Waals surface area contributed by atoms with E-state index >= 15 is 0 Å². The van der Waals surface area contributed by atoms with Gasteiger partial charge in [-0.25, -0.2) is 4.79 Å². The first-order valence-corrected chi connectivity index (χ1v) is 6.40. The Hall–Kier alpha value is -2.63. The minimum atomic E-state index is -1.03. The number of carbonyl (C=O) groups is 3. The fourth-order valence-corrected chi connectivity index (χ4v) is 1.82. The van der Waals surface area contributed by atoms with Crippen molar-refractivity contribution in [3.63, 3.8) is 0 Å². The van der Waals surface area contributed by atoms with E-state index < -0.39 is 11.9 Å². The van der Waals surface area contributed by atoms with Crippen LogP contribution in [0.1, 0.15) is 34.8 Å². The van der Waals surface area contributed by atoms with Crippen LogP contribution in [-0.4, -0.2) is 28.9 Å². The van der Waals surface area contributed by atoms with E-state index in [9.17, 15) is 14.4 Å². The molecule has 0 aliphatic rings. The number of primary amides is 1. The Morgan fingerprint density at radius 1 is 1.38 bits per heavy atom. The van der Waals surface area contributed by atoms with Crippen LogP contribution in [0.25, 0.3) is 6.08 Å². The van der Waals surface area contributed by atoms with Crippen molar-refractivity contribution >= 4 is 23.9 Å². The molecular formula is C15H18N2O4. The van der Waals surface area contributed by atoms with Crippen molar-refractivity contribution in [2.24, 2.45) is 5.73 Å². The molecule has 1 unspecified atom stereocenters. The lowest BCUT2D eigenvalue weighted by Gasteiger charge is -2.12. The van der Waals surface area contributed by atoms with Gasteiger partial charge in [0.15, 0.2) is 0 Å².